The quantitative estimate of drug-likeness (QED) is 0.0320. The summed E-state index contributed by atoms with van der Waals surface area (Å²) in [6.45, 7) is 5.02. The number of aliphatic hydroxyl groups is 2. The molecule has 0 saturated carbocycles. The maximum Gasteiger partial charge on any atom is 0.305 e. The molecule has 0 aliphatic rings. The Labute approximate surface area is 565 Å². The number of amides is 1. The predicted molar refractivity (Wildman–Crippen MR) is 398 cm³/mol. The molecule has 0 aromatic carbocycles. The number of aliphatic hydroxyl groups excluding tert-OH is 2. The number of rotatable bonds is 80. The van der Waals surface area contributed by atoms with Gasteiger partial charge < -0.3 is 20.3 Å². The summed E-state index contributed by atoms with van der Waals surface area (Å²) in [5.74, 6) is 0.00126. The van der Waals surface area contributed by atoms with Crippen molar-refractivity contribution in [2.24, 2.45) is 0 Å². The molecule has 2 unspecified atom stereocenters. The van der Waals surface area contributed by atoms with Crippen LogP contribution < -0.4 is 5.32 Å². The first-order valence-corrected chi connectivity index (χ1v) is 41.9. The third-order valence-corrected chi connectivity index (χ3v) is 20.1. The summed E-state index contributed by atoms with van der Waals surface area (Å²) < 4.78 is 5.52. The van der Waals surface area contributed by atoms with Crippen LogP contribution in [0.3, 0.4) is 0 Å². The lowest BCUT2D eigenvalue weighted by atomic mass is 10.0. The van der Waals surface area contributed by atoms with E-state index in [0.29, 0.717) is 25.9 Å². The number of carbonyl (C=O) groups excluding carboxylic acids is 2. The molecular weight excluding hydrogens is 1100 g/mol. The number of allylic oxidation sites excluding steroid dienone is 2. The maximum absolute atomic E-state index is 12.6. The van der Waals surface area contributed by atoms with Crippen LogP contribution in [-0.4, -0.2) is 47.4 Å². The molecule has 6 nitrogen and oxygen atoms in total. The number of carbonyl (C=O) groups is 2. The highest BCUT2D eigenvalue weighted by atomic mass is 16.5. The molecule has 90 heavy (non-hydrogen) atoms. The fourth-order valence-corrected chi connectivity index (χ4v) is 13.7. The van der Waals surface area contributed by atoms with Crippen LogP contribution in [0.2, 0.25) is 0 Å². The van der Waals surface area contributed by atoms with Gasteiger partial charge in [0.2, 0.25) is 5.91 Å². The van der Waals surface area contributed by atoms with E-state index in [1.54, 1.807) is 0 Å². The molecular formula is C84H165NO5. The zero-order valence-electron chi connectivity index (χ0n) is 61.7. The van der Waals surface area contributed by atoms with Crippen molar-refractivity contribution in [2.45, 2.75) is 501 Å². The summed E-state index contributed by atoms with van der Waals surface area (Å²) in [4.78, 5) is 24.7. The first-order chi connectivity index (χ1) is 44.5. The van der Waals surface area contributed by atoms with E-state index in [0.717, 1.165) is 38.5 Å². The van der Waals surface area contributed by atoms with Crippen LogP contribution in [0.1, 0.15) is 489 Å². The molecule has 0 saturated heterocycles. The number of ether oxygens (including phenoxy) is 1. The first kappa shape index (κ1) is 88.6. The highest BCUT2D eigenvalue weighted by Gasteiger charge is 2.20. The van der Waals surface area contributed by atoms with Crippen molar-refractivity contribution in [3.05, 3.63) is 12.2 Å². The molecule has 0 rings (SSSR count). The van der Waals surface area contributed by atoms with E-state index in [2.05, 4.69) is 31.3 Å². The lowest BCUT2D eigenvalue weighted by Gasteiger charge is -2.22. The van der Waals surface area contributed by atoms with E-state index in [-0.39, 0.29) is 18.5 Å². The standard InChI is InChI=1S/C84H165NO5/c1-3-5-7-9-11-13-15-17-19-21-41-45-48-52-56-60-64-68-72-76-82(87)81(80-86)85-83(88)77-73-69-65-61-57-53-49-46-42-39-37-35-33-31-29-27-25-23-22-24-26-28-30-32-34-36-38-40-43-47-51-55-59-63-67-71-75-79-90-84(89)78-74-70-66-62-58-54-50-44-20-18-16-14-12-10-8-6-4-2/h22,24,81-82,86-87H,3-21,23,25-80H2,1-2H3,(H,85,88)/b24-22-. The van der Waals surface area contributed by atoms with Crippen molar-refractivity contribution >= 4 is 11.9 Å². The van der Waals surface area contributed by atoms with Crippen LogP contribution in [0.5, 0.6) is 0 Å². The number of unbranched alkanes of at least 4 members (excludes halogenated alkanes) is 67. The summed E-state index contributed by atoms with van der Waals surface area (Å²) in [7, 11) is 0. The minimum Gasteiger partial charge on any atom is -0.466 e. The van der Waals surface area contributed by atoms with E-state index >= 15 is 0 Å². The molecule has 0 fully saturated rings. The summed E-state index contributed by atoms with van der Waals surface area (Å²) in [5, 5.41) is 23.4. The van der Waals surface area contributed by atoms with E-state index < -0.39 is 12.1 Å². The fourth-order valence-electron chi connectivity index (χ4n) is 13.7. The van der Waals surface area contributed by atoms with Crippen molar-refractivity contribution in [1.82, 2.24) is 5.32 Å². The Hall–Kier alpha value is -1.40. The molecule has 536 valence electrons. The molecule has 0 radical (unpaired) electrons. The van der Waals surface area contributed by atoms with E-state index in [9.17, 15) is 19.8 Å². The Bertz CT molecular complexity index is 1370. The lowest BCUT2D eigenvalue weighted by molar-refractivity contribution is -0.143. The van der Waals surface area contributed by atoms with Crippen LogP contribution in [0.4, 0.5) is 0 Å². The van der Waals surface area contributed by atoms with Gasteiger partial charge in [-0.2, -0.15) is 0 Å². The second-order valence-corrected chi connectivity index (χ2v) is 29.2. The molecule has 0 spiro atoms. The van der Waals surface area contributed by atoms with Crippen molar-refractivity contribution in [2.75, 3.05) is 13.2 Å². The van der Waals surface area contributed by atoms with Crippen molar-refractivity contribution in [3.63, 3.8) is 0 Å². The molecule has 0 aliphatic heterocycles. The normalized spacial score (nSPS) is 12.4. The van der Waals surface area contributed by atoms with Gasteiger partial charge in [0.15, 0.2) is 0 Å². The van der Waals surface area contributed by atoms with Gasteiger partial charge in [-0.25, -0.2) is 0 Å². The maximum atomic E-state index is 12.6. The minimum absolute atomic E-state index is 0.0255. The van der Waals surface area contributed by atoms with Crippen molar-refractivity contribution in [3.8, 4) is 0 Å². The highest BCUT2D eigenvalue weighted by molar-refractivity contribution is 5.76. The zero-order valence-corrected chi connectivity index (χ0v) is 61.7. The van der Waals surface area contributed by atoms with Gasteiger partial charge in [-0.15, -0.1) is 0 Å². The van der Waals surface area contributed by atoms with Gasteiger partial charge in [0.1, 0.15) is 0 Å². The molecule has 0 heterocycles. The summed E-state index contributed by atoms with van der Waals surface area (Å²) in [5.41, 5.74) is 0. The topological polar surface area (TPSA) is 95.9 Å². The highest BCUT2D eigenvalue weighted by Crippen LogP contribution is 2.21. The third-order valence-electron chi connectivity index (χ3n) is 20.1. The van der Waals surface area contributed by atoms with E-state index in [1.807, 2.05) is 0 Å². The Morgan fingerprint density at radius 2 is 0.522 bits per heavy atom. The SMILES string of the molecule is CCCCCCCCCCCCCCCCCCCCCC(O)C(CO)NC(=O)CCCCCCCCCCCCCCCCCCC/C=C\CCCCCCCCCCCCCCCCCCOC(=O)CCCCCCCCCCCCCCCCCCC. The largest absolute Gasteiger partial charge is 0.466 e. The van der Waals surface area contributed by atoms with Gasteiger partial charge in [-0.1, -0.05) is 437 Å². The Balaban J connectivity index is 3.31. The Kier molecular flexibility index (Phi) is 78.8. The average Bonchev–Trinajstić information content (AvgIpc) is 3.57. The zero-order chi connectivity index (χ0) is 64.9. The van der Waals surface area contributed by atoms with Crippen LogP contribution in [0.25, 0.3) is 0 Å². The lowest BCUT2D eigenvalue weighted by Crippen LogP contribution is -2.45. The smallest absolute Gasteiger partial charge is 0.305 e. The number of nitrogens with one attached hydrogen (secondary N) is 1. The van der Waals surface area contributed by atoms with Gasteiger partial charge in [0, 0.05) is 12.8 Å². The van der Waals surface area contributed by atoms with Gasteiger partial charge in [-0.3, -0.25) is 9.59 Å². The predicted octanol–water partition coefficient (Wildman–Crippen LogP) is 27.8. The number of esters is 1. The molecule has 0 aromatic rings. The monoisotopic (exact) mass is 1270 g/mol. The van der Waals surface area contributed by atoms with Gasteiger partial charge in [0.25, 0.3) is 0 Å². The summed E-state index contributed by atoms with van der Waals surface area (Å²) in [6, 6.07) is -0.539. The second kappa shape index (κ2) is 80.0. The van der Waals surface area contributed by atoms with E-state index in [1.165, 1.54) is 417 Å². The van der Waals surface area contributed by atoms with E-state index in [4.69, 9.17) is 4.74 Å². The Morgan fingerprint density at radius 3 is 0.789 bits per heavy atom. The molecule has 1 amide bonds. The molecule has 0 bridgehead atoms. The average molecular weight is 1270 g/mol. The molecule has 3 N–H and O–H groups in total. The van der Waals surface area contributed by atoms with Crippen LogP contribution in [-0.2, 0) is 14.3 Å². The number of hydrogen-bond acceptors (Lipinski definition) is 5. The fraction of sp³-hybridized carbons (Fsp3) is 0.952. The first-order valence-electron chi connectivity index (χ1n) is 41.9. The molecule has 0 aromatic heterocycles. The third kappa shape index (κ3) is 75.6. The molecule has 6 heteroatoms. The molecule has 0 aliphatic carbocycles. The van der Waals surface area contributed by atoms with Crippen molar-refractivity contribution < 1.29 is 24.5 Å². The number of hydrogen-bond donors (Lipinski definition) is 3. The van der Waals surface area contributed by atoms with Crippen molar-refractivity contribution in [1.29, 1.82) is 0 Å². The van der Waals surface area contributed by atoms with Gasteiger partial charge >= 0.3 is 5.97 Å². The summed E-state index contributed by atoms with van der Waals surface area (Å²) >= 11 is 0. The summed E-state index contributed by atoms with van der Waals surface area (Å²) in [6.07, 6.45) is 102. The second-order valence-electron chi connectivity index (χ2n) is 29.2. The van der Waals surface area contributed by atoms with Crippen LogP contribution in [0.15, 0.2) is 12.2 Å². The Morgan fingerprint density at radius 1 is 0.300 bits per heavy atom. The van der Waals surface area contributed by atoms with Gasteiger partial charge in [0.05, 0.1) is 25.4 Å². The minimum atomic E-state index is -0.662. The van der Waals surface area contributed by atoms with Crippen LogP contribution >= 0.6 is 0 Å². The molecule has 2 atom stereocenters. The van der Waals surface area contributed by atoms with Gasteiger partial charge in [-0.05, 0) is 51.4 Å². The van der Waals surface area contributed by atoms with Crippen LogP contribution in [0, 0.1) is 0 Å².